The number of piperidine rings is 1. The number of hydrogen-bond acceptors (Lipinski definition) is 4. The zero-order chi connectivity index (χ0) is 18.7. The third kappa shape index (κ3) is 4.67. The topological polar surface area (TPSA) is 32.5 Å². The molecule has 1 aromatic heterocycles. The van der Waals surface area contributed by atoms with E-state index in [1.54, 1.807) is 0 Å². The smallest absolute Gasteiger partial charge is 0.138 e. The van der Waals surface area contributed by atoms with Gasteiger partial charge in [0.05, 0.1) is 5.69 Å². The number of aromatic nitrogens is 1. The molecule has 0 spiro atoms. The first-order valence-corrected chi connectivity index (χ1v) is 9.88. The van der Waals surface area contributed by atoms with Gasteiger partial charge in [0, 0.05) is 23.2 Å². The average molecular weight is 376 g/mol. The molecule has 1 aliphatic rings. The summed E-state index contributed by atoms with van der Waals surface area (Å²) in [4.78, 5) is 4.85. The van der Waals surface area contributed by atoms with Gasteiger partial charge in [0.15, 0.2) is 0 Å². The van der Waals surface area contributed by atoms with E-state index in [9.17, 15) is 0 Å². The van der Waals surface area contributed by atoms with Gasteiger partial charge in [-0.3, -0.25) is 4.90 Å². The zero-order valence-electron chi connectivity index (χ0n) is 16.3. The maximum absolute atomic E-state index is 6.19. The van der Waals surface area contributed by atoms with Crippen molar-refractivity contribution in [3.63, 3.8) is 0 Å². The minimum absolute atomic E-state index is 0.362. The molecule has 0 radical (unpaired) electrons. The van der Waals surface area contributed by atoms with Crippen molar-refractivity contribution in [2.75, 3.05) is 27.2 Å². The highest BCUT2D eigenvalue weighted by atomic mass is 35.5. The molecule has 2 aromatic rings. The summed E-state index contributed by atoms with van der Waals surface area (Å²) >= 11 is 6.19. The van der Waals surface area contributed by atoms with Crippen LogP contribution >= 0.6 is 11.6 Å². The van der Waals surface area contributed by atoms with Crippen molar-refractivity contribution in [2.45, 2.75) is 45.7 Å². The van der Waals surface area contributed by atoms with E-state index in [2.05, 4.69) is 48.1 Å². The molecule has 0 N–H and O–H groups in total. The Balaban J connectivity index is 1.81. The maximum atomic E-state index is 6.19. The highest BCUT2D eigenvalue weighted by molar-refractivity contribution is 6.30. The molecule has 1 saturated heterocycles. The molecule has 2 atom stereocenters. The lowest BCUT2D eigenvalue weighted by Crippen LogP contribution is -2.37. The van der Waals surface area contributed by atoms with E-state index < -0.39 is 0 Å². The van der Waals surface area contributed by atoms with E-state index >= 15 is 0 Å². The SMILES string of the molecule is Cc1noc(C)c1C1CC(CCN(C)C)CCN1Cc1cccc(Cl)c1. The molecule has 2 unspecified atom stereocenters. The molecule has 3 rings (SSSR count). The van der Waals surface area contributed by atoms with E-state index in [1.165, 1.54) is 24.0 Å². The van der Waals surface area contributed by atoms with Crippen LogP contribution in [0.15, 0.2) is 28.8 Å². The number of aryl methyl sites for hydroxylation is 2. The summed E-state index contributed by atoms with van der Waals surface area (Å²) in [6.45, 7) is 7.26. The standard InChI is InChI=1S/C21H30ClN3O/c1-15-21(16(2)26-23-15)20-13-17(8-10-24(3)4)9-11-25(20)14-18-6-5-7-19(22)12-18/h5-7,12,17,20H,8-11,13-14H2,1-4H3. The molecule has 0 amide bonds. The van der Waals surface area contributed by atoms with Crippen LogP contribution in [0.1, 0.15) is 47.9 Å². The van der Waals surface area contributed by atoms with Gasteiger partial charge in [-0.15, -0.1) is 0 Å². The van der Waals surface area contributed by atoms with Crippen LogP contribution in [0.25, 0.3) is 0 Å². The predicted octanol–water partition coefficient (Wildman–Crippen LogP) is 4.85. The Morgan fingerprint density at radius 3 is 2.77 bits per heavy atom. The monoisotopic (exact) mass is 375 g/mol. The Morgan fingerprint density at radius 1 is 1.31 bits per heavy atom. The van der Waals surface area contributed by atoms with Gasteiger partial charge >= 0.3 is 0 Å². The van der Waals surface area contributed by atoms with Crippen molar-refractivity contribution in [2.24, 2.45) is 5.92 Å². The Labute approximate surface area is 162 Å². The second kappa shape index (κ2) is 8.55. The van der Waals surface area contributed by atoms with Gasteiger partial charge in [-0.2, -0.15) is 0 Å². The van der Waals surface area contributed by atoms with Gasteiger partial charge in [-0.05, 0) is 83.9 Å². The molecule has 0 saturated carbocycles. The summed E-state index contributed by atoms with van der Waals surface area (Å²) in [7, 11) is 4.31. The van der Waals surface area contributed by atoms with E-state index in [0.29, 0.717) is 6.04 Å². The minimum Gasteiger partial charge on any atom is -0.361 e. The molecule has 4 nitrogen and oxygen atoms in total. The molecule has 1 fully saturated rings. The fourth-order valence-electron chi connectivity index (χ4n) is 4.12. The van der Waals surface area contributed by atoms with Gasteiger partial charge in [-0.1, -0.05) is 28.9 Å². The zero-order valence-corrected chi connectivity index (χ0v) is 17.1. The quantitative estimate of drug-likeness (QED) is 0.722. The van der Waals surface area contributed by atoms with Gasteiger partial charge in [-0.25, -0.2) is 0 Å². The molecule has 5 heteroatoms. The van der Waals surface area contributed by atoms with Gasteiger partial charge in [0.25, 0.3) is 0 Å². The third-order valence-corrected chi connectivity index (χ3v) is 5.74. The van der Waals surface area contributed by atoms with Gasteiger partial charge in [0.1, 0.15) is 5.76 Å². The summed E-state index contributed by atoms with van der Waals surface area (Å²) in [5, 5.41) is 5.02. The maximum Gasteiger partial charge on any atom is 0.138 e. The molecule has 26 heavy (non-hydrogen) atoms. The lowest BCUT2D eigenvalue weighted by Gasteiger charge is -2.40. The van der Waals surface area contributed by atoms with Crippen molar-refractivity contribution in [3.8, 4) is 0 Å². The first kappa shape index (κ1) is 19.4. The average Bonchev–Trinajstić information content (AvgIpc) is 2.92. The van der Waals surface area contributed by atoms with E-state index in [1.807, 2.05) is 19.1 Å². The molecule has 0 aliphatic carbocycles. The summed E-state index contributed by atoms with van der Waals surface area (Å²) in [6.07, 6.45) is 3.66. The summed E-state index contributed by atoms with van der Waals surface area (Å²) in [5.41, 5.74) is 3.57. The normalized spacial score (nSPS) is 21.5. The van der Waals surface area contributed by atoms with Crippen molar-refractivity contribution in [1.82, 2.24) is 15.0 Å². The van der Waals surface area contributed by atoms with Crippen molar-refractivity contribution in [1.29, 1.82) is 0 Å². The van der Waals surface area contributed by atoms with Crippen LogP contribution in [0.2, 0.25) is 5.02 Å². The number of rotatable bonds is 6. The van der Waals surface area contributed by atoms with Crippen LogP contribution in [0.3, 0.4) is 0 Å². The van der Waals surface area contributed by atoms with Gasteiger partial charge < -0.3 is 9.42 Å². The molecule has 1 aromatic carbocycles. The summed E-state index contributed by atoms with van der Waals surface area (Å²) in [6, 6.07) is 8.57. The molecule has 0 bridgehead atoms. The lowest BCUT2D eigenvalue weighted by atomic mass is 9.84. The van der Waals surface area contributed by atoms with Crippen molar-refractivity contribution < 1.29 is 4.52 Å². The summed E-state index contributed by atoms with van der Waals surface area (Å²) in [5.74, 6) is 1.70. The van der Waals surface area contributed by atoms with Crippen LogP contribution in [-0.4, -0.2) is 42.1 Å². The first-order valence-electron chi connectivity index (χ1n) is 9.50. The lowest BCUT2D eigenvalue weighted by molar-refractivity contribution is 0.0961. The number of nitrogens with zero attached hydrogens (tertiary/aromatic N) is 3. The Hall–Kier alpha value is -1.36. The summed E-state index contributed by atoms with van der Waals surface area (Å²) < 4.78 is 5.49. The number of likely N-dealkylation sites (tertiary alicyclic amines) is 1. The number of hydrogen-bond donors (Lipinski definition) is 0. The van der Waals surface area contributed by atoms with Crippen LogP contribution in [-0.2, 0) is 6.54 Å². The second-order valence-electron chi connectivity index (χ2n) is 7.84. The van der Waals surface area contributed by atoms with Crippen LogP contribution in [0.5, 0.6) is 0 Å². The Kier molecular flexibility index (Phi) is 6.38. The van der Waals surface area contributed by atoms with E-state index in [0.717, 1.165) is 48.4 Å². The number of halogens is 1. The van der Waals surface area contributed by atoms with Crippen LogP contribution in [0.4, 0.5) is 0 Å². The fraction of sp³-hybridized carbons (Fsp3) is 0.571. The molecular weight excluding hydrogens is 346 g/mol. The Bertz CT molecular complexity index is 708. The first-order chi connectivity index (χ1) is 12.4. The van der Waals surface area contributed by atoms with E-state index in [-0.39, 0.29) is 0 Å². The molecular formula is C21H30ClN3O. The largest absolute Gasteiger partial charge is 0.361 e. The Morgan fingerprint density at radius 2 is 2.12 bits per heavy atom. The highest BCUT2D eigenvalue weighted by Crippen LogP contribution is 2.39. The second-order valence-corrected chi connectivity index (χ2v) is 8.27. The molecule has 1 aliphatic heterocycles. The molecule has 2 heterocycles. The van der Waals surface area contributed by atoms with Gasteiger partial charge in [0.2, 0.25) is 0 Å². The van der Waals surface area contributed by atoms with Crippen molar-refractivity contribution in [3.05, 3.63) is 51.9 Å². The minimum atomic E-state index is 0.362. The fourth-order valence-corrected chi connectivity index (χ4v) is 4.33. The number of benzene rings is 1. The molecule has 142 valence electrons. The third-order valence-electron chi connectivity index (χ3n) is 5.50. The predicted molar refractivity (Wildman–Crippen MR) is 106 cm³/mol. The van der Waals surface area contributed by atoms with Crippen LogP contribution < -0.4 is 0 Å². The van der Waals surface area contributed by atoms with Crippen LogP contribution in [0, 0.1) is 19.8 Å². The highest BCUT2D eigenvalue weighted by Gasteiger charge is 2.33. The van der Waals surface area contributed by atoms with Crippen molar-refractivity contribution >= 4 is 11.6 Å². The van der Waals surface area contributed by atoms with E-state index in [4.69, 9.17) is 16.1 Å².